The second-order valence-electron chi connectivity index (χ2n) is 7.65. The Morgan fingerprint density at radius 3 is 1.19 bits per heavy atom. The SMILES string of the molecule is CC(=CNC(c1ccccc1)c1ccccc1)NC(c1ccccc1)c1ccccc1. The molecule has 2 N–H and O–H groups in total. The molecule has 31 heavy (non-hydrogen) atoms. The fourth-order valence-electron chi connectivity index (χ4n) is 3.80. The van der Waals surface area contributed by atoms with Gasteiger partial charge in [0.2, 0.25) is 0 Å². The molecule has 2 heteroatoms. The van der Waals surface area contributed by atoms with Crippen LogP contribution in [-0.2, 0) is 0 Å². The molecule has 0 atom stereocenters. The molecule has 0 saturated heterocycles. The molecule has 0 saturated carbocycles. The summed E-state index contributed by atoms with van der Waals surface area (Å²) in [6.07, 6.45) is 2.09. The van der Waals surface area contributed by atoms with Crippen LogP contribution in [0.15, 0.2) is 133 Å². The predicted molar refractivity (Wildman–Crippen MR) is 129 cm³/mol. The maximum Gasteiger partial charge on any atom is 0.0765 e. The van der Waals surface area contributed by atoms with Crippen molar-refractivity contribution in [3.63, 3.8) is 0 Å². The Morgan fingerprint density at radius 1 is 0.516 bits per heavy atom. The number of nitrogens with one attached hydrogen (secondary N) is 2. The van der Waals surface area contributed by atoms with E-state index in [1.54, 1.807) is 0 Å². The number of benzene rings is 4. The maximum absolute atomic E-state index is 3.71. The van der Waals surface area contributed by atoms with Crippen molar-refractivity contribution in [3.05, 3.63) is 155 Å². The van der Waals surface area contributed by atoms with Gasteiger partial charge in [-0.1, -0.05) is 121 Å². The first kappa shape index (κ1) is 20.5. The molecule has 0 aliphatic rings. The average Bonchev–Trinajstić information content (AvgIpc) is 2.85. The zero-order valence-corrected chi connectivity index (χ0v) is 17.8. The van der Waals surface area contributed by atoms with E-state index in [0.717, 1.165) is 5.70 Å². The van der Waals surface area contributed by atoms with Gasteiger partial charge in [0.25, 0.3) is 0 Å². The van der Waals surface area contributed by atoms with Crippen molar-refractivity contribution in [1.29, 1.82) is 0 Å². The van der Waals surface area contributed by atoms with Gasteiger partial charge in [0.05, 0.1) is 12.1 Å². The summed E-state index contributed by atoms with van der Waals surface area (Å²) in [5.41, 5.74) is 6.03. The third-order valence-electron chi connectivity index (χ3n) is 5.37. The Bertz CT molecular complexity index is 996. The molecular formula is C29H28N2. The highest BCUT2D eigenvalue weighted by molar-refractivity contribution is 5.34. The minimum Gasteiger partial charge on any atom is -0.379 e. The minimum atomic E-state index is 0.0889. The van der Waals surface area contributed by atoms with Crippen LogP contribution in [0, 0.1) is 0 Å². The Morgan fingerprint density at radius 2 is 0.839 bits per heavy atom. The Balaban J connectivity index is 1.58. The van der Waals surface area contributed by atoms with Gasteiger partial charge in [-0.05, 0) is 29.2 Å². The van der Waals surface area contributed by atoms with E-state index in [0.29, 0.717) is 0 Å². The summed E-state index contributed by atoms with van der Waals surface area (Å²) in [5.74, 6) is 0. The lowest BCUT2D eigenvalue weighted by Gasteiger charge is -2.23. The highest BCUT2D eigenvalue weighted by Crippen LogP contribution is 2.24. The van der Waals surface area contributed by atoms with Gasteiger partial charge in [0.1, 0.15) is 0 Å². The van der Waals surface area contributed by atoms with Crippen molar-refractivity contribution in [2.45, 2.75) is 19.0 Å². The van der Waals surface area contributed by atoms with Crippen LogP contribution in [0.25, 0.3) is 0 Å². The molecule has 2 nitrogen and oxygen atoms in total. The molecule has 0 heterocycles. The van der Waals surface area contributed by atoms with Gasteiger partial charge in [-0.2, -0.15) is 0 Å². The summed E-state index contributed by atoms with van der Waals surface area (Å²) in [4.78, 5) is 0. The minimum absolute atomic E-state index is 0.0889. The smallest absolute Gasteiger partial charge is 0.0765 e. The lowest BCUT2D eigenvalue weighted by Crippen LogP contribution is -2.24. The number of hydrogen-bond donors (Lipinski definition) is 2. The predicted octanol–water partition coefficient (Wildman–Crippen LogP) is 6.61. The van der Waals surface area contributed by atoms with E-state index >= 15 is 0 Å². The van der Waals surface area contributed by atoms with Crippen molar-refractivity contribution in [2.24, 2.45) is 0 Å². The summed E-state index contributed by atoms with van der Waals surface area (Å²) in [6, 6.07) is 42.4. The Hall–Kier alpha value is -3.78. The number of allylic oxidation sites excluding steroid dienone is 1. The molecule has 4 aromatic rings. The second-order valence-corrected chi connectivity index (χ2v) is 7.65. The quantitative estimate of drug-likeness (QED) is 0.345. The van der Waals surface area contributed by atoms with E-state index in [-0.39, 0.29) is 12.1 Å². The summed E-state index contributed by atoms with van der Waals surface area (Å²) < 4.78 is 0. The standard InChI is InChI=1S/C29H28N2/c1-23(31-29(26-18-10-4-11-19-26)27-20-12-5-13-21-27)22-30-28(24-14-6-2-7-15-24)25-16-8-3-9-17-25/h2-22,28-31H,1H3. The van der Waals surface area contributed by atoms with E-state index in [9.17, 15) is 0 Å². The summed E-state index contributed by atoms with van der Waals surface area (Å²) in [5, 5.41) is 7.34. The lowest BCUT2D eigenvalue weighted by atomic mass is 9.98. The van der Waals surface area contributed by atoms with Gasteiger partial charge in [-0.25, -0.2) is 0 Å². The van der Waals surface area contributed by atoms with Crippen molar-refractivity contribution in [2.75, 3.05) is 0 Å². The highest BCUT2D eigenvalue weighted by atomic mass is 15.0. The first-order valence-corrected chi connectivity index (χ1v) is 10.7. The first-order chi connectivity index (χ1) is 15.3. The van der Waals surface area contributed by atoms with Crippen LogP contribution in [0.3, 0.4) is 0 Å². The molecule has 0 fully saturated rings. The first-order valence-electron chi connectivity index (χ1n) is 10.7. The van der Waals surface area contributed by atoms with Crippen LogP contribution in [-0.4, -0.2) is 0 Å². The van der Waals surface area contributed by atoms with E-state index in [1.807, 2.05) is 0 Å². The normalized spacial score (nSPS) is 11.5. The topological polar surface area (TPSA) is 24.1 Å². The van der Waals surface area contributed by atoms with Gasteiger partial charge in [-0.3, -0.25) is 0 Å². The second kappa shape index (κ2) is 10.3. The summed E-state index contributed by atoms with van der Waals surface area (Å²) in [6.45, 7) is 2.11. The lowest BCUT2D eigenvalue weighted by molar-refractivity contribution is 0.665. The molecule has 0 aliphatic heterocycles. The van der Waals surface area contributed by atoms with Crippen LogP contribution < -0.4 is 10.6 Å². The van der Waals surface area contributed by atoms with E-state index in [2.05, 4.69) is 145 Å². The Kier molecular flexibility index (Phi) is 6.81. The van der Waals surface area contributed by atoms with Crippen molar-refractivity contribution < 1.29 is 0 Å². The number of rotatable bonds is 8. The van der Waals surface area contributed by atoms with Crippen molar-refractivity contribution in [3.8, 4) is 0 Å². The third-order valence-corrected chi connectivity index (χ3v) is 5.37. The fourth-order valence-corrected chi connectivity index (χ4v) is 3.80. The molecule has 0 radical (unpaired) electrons. The zero-order chi connectivity index (χ0) is 21.3. The maximum atomic E-state index is 3.71. The van der Waals surface area contributed by atoms with Gasteiger partial charge in [0, 0.05) is 11.9 Å². The molecule has 0 amide bonds. The zero-order valence-electron chi connectivity index (χ0n) is 17.8. The van der Waals surface area contributed by atoms with Crippen LogP contribution in [0.2, 0.25) is 0 Å². The van der Waals surface area contributed by atoms with Crippen LogP contribution in [0.5, 0.6) is 0 Å². The average molecular weight is 405 g/mol. The molecule has 0 aromatic heterocycles. The third kappa shape index (κ3) is 5.43. The molecular weight excluding hydrogens is 376 g/mol. The van der Waals surface area contributed by atoms with Crippen LogP contribution in [0.4, 0.5) is 0 Å². The monoisotopic (exact) mass is 404 g/mol. The van der Waals surface area contributed by atoms with Crippen molar-refractivity contribution >= 4 is 0 Å². The molecule has 0 bridgehead atoms. The fraction of sp³-hybridized carbons (Fsp3) is 0.103. The molecule has 4 aromatic carbocycles. The molecule has 0 unspecified atom stereocenters. The van der Waals surface area contributed by atoms with Gasteiger partial charge in [0.15, 0.2) is 0 Å². The summed E-state index contributed by atoms with van der Waals surface area (Å²) >= 11 is 0. The van der Waals surface area contributed by atoms with Crippen molar-refractivity contribution in [1.82, 2.24) is 10.6 Å². The van der Waals surface area contributed by atoms with Crippen LogP contribution in [0.1, 0.15) is 41.3 Å². The largest absolute Gasteiger partial charge is 0.379 e. The Labute approximate surface area is 185 Å². The van der Waals surface area contributed by atoms with E-state index < -0.39 is 0 Å². The van der Waals surface area contributed by atoms with Gasteiger partial charge in [-0.15, -0.1) is 0 Å². The molecule has 154 valence electrons. The molecule has 0 aliphatic carbocycles. The van der Waals surface area contributed by atoms with E-state index in [1.165, 1.54) is 22.3 Å². The highest BCUT2D eigenvalue weighted by Gasteiger charge is 2.15. The summed E-state index contributed by atoms with van der Waals surface area (Å²) in [7, 11) is 0. The van der Waals surface area contributed by atoms with Crippen LogP contribution >= 0.6 is 0 Å². The molecule has 4 rings (SSSR count). The number of hydrogen-bond acceptors (Lipinski definition) is 2. The van der Waals surface area contributed by atoms with E-state index in [4.69, 9.17) is 0 Å². The van der Waals surface area contributed by atoms with Gasteiger partial charge < -0.3 is 10.6 Å². The molecule has 0 spiro atoms. The van der Waals surface area contributed by atoms with Gasteiger partial charge >= 0.3 is 0 Å².